The normalized spacial score (nSPS) is 10.8. The lowest BCUT2D eigenvalue weighted by Crippen LogP contribution is -1.77. The molecule has 1 aromatic rings. The molecule has 0 fully saturated rings. The van der Waals surface area contributed by atoms with Crippen molar-refractivity contribution in [1.82, 2.24) is 0 Å². The second-order valence-electron chi connectivity index (χ2n) is 2.54. The first-order valence-electron chi connectivity index (χ1n) is 3.73. The van der Waals surface area contributed by atoms with Gasteiger partial charge in [-0.05, 0) is 30.2 Å². The zero-order chi connectivity index (χ0) is 9.68. The fourth-order valence-corrected chi connectivity index (χ4v) is 1.04. The zero-order valence-corrected chi connectivity index (χ0v) is 7.88. The minimum absolute atomic E-state index is 0.690. The van der Waals surface area contributed by atoms with Gasteiger partial charge in [0.15, 0.2) is 0 Å². The van der Waals surface area contributed by atoms with Crippen LogP contribution in [-0.4, -0.2) is 6.08 Å². The van der Waals surface area contributed by atoms with Gasteiger partial charge in [0.2, 0.25) is 6.08 Å². The molecule has 0 aliphatic carbocycles. The van der Waals surface area contributed by atoms with E-state index in [1.807, 2.05) is 19.1 Å². The summed E-state index contributed by atoms with van der Waals surface area (Å²) in [5.41, 5.74) is 1.89. The van der Waals surface area contributed by atoms with Gasteiger partial charge in [-0.1, -0.05) is 23.7 Å². The number of hydrogen-bond acceptors (Lipinski definition) is 2. The van der Waals surface area contributed by atoms with Crippen LogP contribution in [0, 0.1) is 0 Å². The molecule has 0 spiro atoms. The molecule has 0 saturated heterocycles. The summed E-state index contributed by atoms with van der Waals surface area (Å²) >= 11 is 5.72. The highest BCUT2D eigenvalue weighted by Gasteiger charge is 1.93. The Labute approximate surface area is 81.6 Å². The second kappa shape index (κ2) is 4.61. The Morgan fingerprint density at radius 1 is 1.46 bits per heavy atom. The monoisotopic (exact) mass is 193 g/mol. The summed E-state index contributed by atoms with van der Waals surface area (Å²) < 4.78 is 0. The summed E-state index contributed by atoms with van der Waals surface area (Å²) in [4.78, 5) is 13.2. The van der Waals surface area contributed by atoms with Gasteiger partial charge in [-0.3, -0.25) is 0 Å². The first kappa shape index (κ1) is 9.72. The van der Waals surface area contributed by atoms with Gasteiger partial charge in [-0.2, -0.15) is 4.99 Å². The van der Waals surface area contributed by atoms with E-state index < -0.39 is 0 Å². The Hall–Kier alpha value is -1.37. The van der Waals surface area contributed by atoms with E-state index in [4.69, 9.17) is 11.6 Å². The topological polar surface area (TPSA) is 29.4 Å². The van der Waals surface area contributed by atoms with E-state index in [9.17, 15) is 4.79 Å². The van der Waals surface area contributed by atoms with Crippen molar-refractivity contribution >= 4 is 23.3 Å². The highest BCUT2D eigenvalue weighted by Crippen LogP contribution is 2.16. The van der Waals surface area contributed by atoms with Crippen LogP contribution in [0.25, 0.3) is 5.57 Å². The Morgan fingerprint density at radius 3 is 2.62 bits per heavy atom. The van der Waals surface area contributed by atoms with Crippen LogP contribution in [0.2, 0.25) is 5.02 Å². The molecule has 0 amide bonds. The molecular formula is C10H8ClNO. The van der Waals surface area contributed by atoms with Gasteiger partial charge in [-0.25, -0.2) is 4.79 Å². The van der Waals surface area contributed by atoms with Crippen molar-refractivity contribution in [3.05, 3.63) is 41.1 Å². The summed E-state index contributed by atoms with van der Waals surface area (Å²) in [6.07, 6.45) is 2.92. The lowest BCUT2D eigenvalue weighted by atomic mass is 10.1. The van der Waals surface area contributed by atoms with Crippen LogP contribution in [-0.2, 0) is 4.79 Å². The van der Waals surface area contributed by atoms with E-state index in [2.05, 4.69) is 4.99 Å². The maximum atomic E-state index is 9.84. The quantitative estimate of drug-likeness (QED) is 0.524. The van der Waals surface area contributed by atoms with Gasteiger partial charge in [0.05, 0.1) is 0 Å². The first-order valence-corrected chi connectivity index (χ1v) is 4.11. The number of nitrogens with zero attached hydrogens (tertiary/aromatic N) is 1. The summed E-state index contributed by atoms with van der Waals surface area (Å²) in [5.74, 6) is 0. The molecule has 0 aromatic heterocycles. The standard InChI is InChI=1S/C10H8ClNO/c1-8(6-12-7-13)9-2-4-10(11)5-3-9/h2-6H,1H3/b8-6+. The third kappa shape index (κ3) is 2.86. The fraction of sp³-hybridized carbons (Fsp3) is 0.100. The summed E-state index contributed by atoms with van der Waals surface area (Å²) in [5, 5.41) is 0.690. The average molecular weight is 194 g/mol. The number of carbonyl (C=O) groups excluding carboxylic acids is 1. The lowest BCUT2D eigenvalue weighted by Gasteiger charge is -1.98. The van der Waals surface area contributed by atoms with Gasteiger partial charge < -0.3 is 0 Å². The zero-order valence-electron chi connectivity index (χ0n) is 7.12. The van der Waals surface area contributed by atoms with Crippen LogP contribution in [0.1, 0.15) is 12.5 Å². The maximum Gasteiger partial charge on any atom is 0.239 e. The van der Waals surface area contributed by atoms with Crippen LogP contribution in [0.3, 0.4) is 0 Å². The first-order chi connectivity index (χ1) is 6.24. The van der Waals surface area contributed by atoms with Crippen LogP contribution < -0.4 is 0 Å². The van der Waals surface area contributed by atoms with Crippen molar-refractivity contribution in [2.75, 3.05) is 0 Å². The van der Waals surface area contributed by atoms with Crippen molar-refractivity contribution in [1.29, 1.82) is 0 Å². The minimum atomic E-state index is 0.690. The predicted molar refractivity (Wildman–Crippen MR) is 53.2 cm³/mol. The van der Waals surface area contributed by atoms with Crippen LogP contribution >= 0.6 is 11.6 Å². The van der Waals surface area contributed by atoms with Gasteiger partial charge in [0.1, 0.15) is 0 Å². The smallest absolute Gasteiger partial charge is 0.211 e. The second-order valence-corrected chi connectivity index (χ2v) is 2.98. The van der Waals surface area contributed by atoms with Crippen molar-refractivity contribution in [2.24, 2.45) is 4.99 Å². The van der Waals surface area contributed by atoms with E-state index in [-0.39, 0.29) is 0 Å². The summed E-state index contributed by atoms with van der Waals surface area (Å²) in [6.45, 7) is 1.87. The lowest BCUT2D eigenvalue weighted by molar-refractivity contribution is 0.565. The van der Waals surface area contributed by atoms with E-state index in [1.165, 1.54) is 12.3 Å². The predicted octanol–water partition coefficient (Wildman–Crippen LogP) is 3.04. The molecule has 0 radical (unpaired) electrons. The molecule has 0 atom stereocenters. The molecule has 0 bridgehead atoms. The number of aliphatic imine (C=N–C) groups is 1. The van der Waals surface area contributed by atoms with Crippen molar-refractivity contribution < 1.29 is 4.79 Å². The van der Waals surface area contributed by atoms with Crippen LogP contribution in [0.15, 0.2) is 35.5 Å². The number of hydrogen-bond donors (Lipinski definition) is 0. The molecule has 0 unspecified atom stereocenters. The van der Waals surface area contributed by atoms with E-state index in [0.29, 0.717) is 5.02 Å². The number of allylic oxidation sites excluding steroid dienone is 1. The van der Waals surface area contributed by atoms with E-state index in [0.717, 1.165) is 11.1 Å². The molecular weight excluding hydrogens is 186 g/mol. The molecule has 0 aliphatic rings. The molecule has 0 N–H and O–H groups in total. The van der Waals surface area contributed by atoms with E-state index >= 15 is 0 Å². The van der Waals surface area contributed by atoms with Gasteiger partial charge >= 0.3 is 0 Å². The van der Waals surface area contributed by atoms with E-state index in [1.54, 1.807) is 12.1 Å². The van der Waals surface area contributed by atoms with Gasteiger partial charge in [-0.15, -0.1) is 0 Å². The highest BCUT2D eigenvalue weighted by atomic mass is 35.5. The summed E-state index contributed by atoms with van der Waals surface area (Å²) in [6, 6.07) is 7.32. The number of rotatable bonds is 2. The SMILES string of the molecule is C/C(=C\N=C=O)c1ccc(Cl)cc1. The van der Waals surface area contributed by atoms with Crippen molar-refractivity contribution in [3.8, 4) is 0 Å². The summed E-state index contributed by atoms with van der Waals surface area (Å²) in [7, 11) is 0. The Bertz CT molecular complexity index is 361. The molecule has 1 aromatic carbocycles. The number of benzene rings is 1. The fourth-order valence-electron chi connectivity index (χ4n) is 0.910. The molecule has 0 heterocycles. The Morgan fingerprint density at radius 2 is 2.08 bits per heavy atom. The largest absolute Gasteiger partial charge is 0.239 e. The third-order valence-electron chi connectivity index (χ3n) is 1.61. The maximum absolute atomic E-state index is 9.84. The number of isocyanates is 1. The van der Waals surface area contributed by atoms with Crippen LogP contribution in [0.4, 0.5) is 0 Å². The van der Waals surface area contributed by atoms with Gasteiger partial charge in [0, 0.05) is 11.2 Å². The Balaban J connectivity index is 2.95. The van der Waals surface area contributed by atoms with Crippen molar-refractivity contribution in [2.45, 2.75) is 6.92 Å². The molecule has 0 aliphatic heterocycles. The van der Waals surface area contributed by atoms with Gasteiger partial charge in [0.25, 0.3) is 0 Å². The Kier molecular flexibility index (Phi) is 3.44. The highest BCUT2D eigenvalue weighted by molar-refractivity contribution is 6.30. The average Bonchev–Trinajstić information content (AvgIpc) is 2.15. The van der Waals surface area contributed by atoms with Crippen molar-refractivity contribution in [3.63, 3.8) is 0 Å². The molecule has 1 rings (SSSR count). The van der Waals surface area contributed by atoms with Crippen LogP contribution in [0.5, 0.6) is 0 Å². The third-order valence-corrected chi connectivity index (χ3v) is 1.86. The minimum Gasteiger partial charge on any atom is -0.211 e. The molecule has 3 heteroatoms. The molecule has 66 valence electrons. The molecule has 13 heavy (non-hydrogen) atoms. The molecule has 0 saturated carbocycles. The molecule has 2 nitrogen and oxygen atoms in total. The number of halogens is 1.